The molecule has 4 heterocycles. The molecule has 1 fully saturated rings. The first-order chi connectivity index (χ1) is 11.2. The number of hydrogen-bond acceptors (Lipinski definition) is 5. The number of halogens is 1. The lowest BCUT2D eigenvalue weighted by Gasteiger charge is -2.16. The monoisotopic (exact) mass is 312 g/mol. The van der Waals surface area contributed by atoms with Gasteiger partial charge in [0.15, 0.2) is 0 Å². The van der Waals surface area contributed by atoms with Crippen LogP contribution in [-0.2, 0) is 0 Å². The predicted molar refractivity (Wildman–Crippen MR) is 85.6 cm³/mol. The zero-order valence-corrected chi connectivity index (χ0v) is 12.7. The Morgan fingerprint density at radius 1 is 1.26 bits per heavy atom. The third kappa shape index (κ3) is 2.63. The van der Waals surface area contributed by atoms with Gasteiger partial charge in [0.2, 0.25) is 0 Å². The molecule has 7 heteroatoms. The molecule has 3 aromatic heterocycles. The number of nitrogens with one attached hydrogen (secondary N) is 2. The molecular weight excluding hydrogens is 295 g/mol. The number of nitrogens with zero attached hydrogens (tertiary/aromatic N) is 4. The number of fused-ring (bicyclic) bond motifs is 1. The highest BCUT2D eigenvalue weighted by atomic mass is 19.1. The number of imidazole rings is 1. The number of anilines is 1. The summed E-state index contributed by atoms with van der Waals surface area (Å²) in [6, 6.07) is 3.36. The van der Waals surface area contributed by atoms with Gasteiger partial charge < -0.3 is 10.6 Å². The molecule has 0 bridgehead atoms. The van der Waals surface area contributed by atoms with E-state index < -0.39 is 0 Å². The Morgan fingerprint density at radius 2 is 2.17 bits per heavy atom. The summed E-state index contributed by atoms with van der Waals surface area (Å²) in [6.07, 6.45) is 6.46. The van der Waals surface area contributed by atoms with Crippen molar-refractivity contribution in [2.75, 3.05) is 18.4 Å². The van der Waals surface area contributed by atoms with Crippen molar-refractivity contribution in [2.24, 2.45) is 5.92 Å². The summed E-state index contributed by atoms with van der Waals surface area (Å²) >= 11 is 0. The van der Waals surface area contributed by atoms with E-state index in [1.165, 1.54) is 12.3 Å². The lowest BCUT2D eigenvalue weighted by Crippen LogP contribution is -2.27. The van der Waals surface area contributed by atoms with Crippen LogP contribution < -0.4 is 10.6 Å². The molecule has 23 heavy (non-hydrogen) atoms. The zero-order chi connectivity index (χ0) is 15.8. The van der Waals surface area contributed by atoms with Crippen molar-refractivity contribution in [1.29, 1.82) is 0 Å². The first-order valence-corrected chi connectivity index (χ1v) is 7.63. The van der Waals surface area contributed by atoms with Gasteiger partial charge in [0.25, 0.3) is 0 Å². The SMILES string of the molecule is CC1CNCC1Nc1cncc(-c2cnc3ccc(F)cn23)n1. The van der Waals surface area contributed by atoms with E-state index in [-0.39, 0.29) is 5.82 Å². The summed E-state index contributed by atoms with van der Waals surface area (Å²) < 4.78 is 15.2. The van der Waals surface area contributed by atoms with Gasteiger partial charge in [-0.15, -0.1) is 0 Å². The third-order valence-corrected chi connectivity index (χ3v) is 4.22. The van der Waals surface area contributed by atoms with E-state index in [4.69, 9.17) is 0 Å². The van der Waals surface area contributed by atoms with E-state index >= 15 is 0 Å². The lowest BCUT2D eigenvalue weighted by molar-refractivity contribution is 0.593. The van der Waals surface area contributed by atoms with E-state index in [1.807, 2.05) is 0 Å². The largest absolute Gasteiger partial charge is 0.364 e. The summed E-state index contributed by atoms with van der Waals surface area (Å²) in [5.41, 5.74) is 2.05. The van der Waals surface area contributed by atoms with Gasteiger partial charge in [-0.1, -0.05) is 6.92 Å². The molecule has 2 N–H and O–H groups in total. The summed E-state index contributed by atoms with van der Waals surface area (Å²) in [6.45, 7) is 4.10. The Kier molecular flexibility index (Phi) is 3.42. The van der Waals surface area contributed by atoms with E-state index in [9.17, 15) is 4.39 Å². The first kappa shape index (κ1) is 14.1. The normalized spacial score (nSPS) is 21.0. The Bertz CT molecular complexity index is 845. The summed E-state index contributed by atoms with van der Waals surface area (Å²) in [5.74, 6) is 0.935. The van der Waals surface area contributed by atoms with E-state index in [0.717, 1.165) is 18.9 Å². The average molecular weight is 312 g/mol. The maximum Gasteiger partial charge on any atom is 0.145 e. The van der Waals surface area contributed by atoms with Gasteiger partial charge in [0.05, 0.1) is 24.3 Å². The van der Waals surface area contributed by atoms with Crippen LogP contribution in [0.3, 0.4) is 0 Å². The fourth-order valence-electron chi connectivity index (χ4n) is 2.90. The standard InChI is InChI=1S/C16H17FN6/c1-10-4-18-5-12(10)21-15-8-19-6-13(22-15)14-7-20-16-3-2-11(17)9-23(14)16/h2-3,6-10,12,18H,4-5H2,1H3,(H,21,22). The van der Waals surface area contributed by atoms with Crippen LogP contribution in [0.4, 0.5) is 10.2 Å². The van der Waals surface area contributed by atoms with Crippen LogP contribution in [0.1, 0.15) is 6.92 Å². The molecule has 1 saturated heterocycles. The summed E-state index contributed by atoms with van der Waals surface area (Å²) in [4.78, 5) is 13.1. The fourth-order valence-corrected chi connectivity index (χ4v) is 2.90. The smallest absolute Gasteiger partial charge is 0.145 e. The van der Waals surface area contributed by atoms with E-state index in [2.05, 4.69) is 32.5 Å². The quantitative estimate of drug-likeness (QED) is 0.774. The van der Waals surface area contributed by atoms with Gasteiger partial charge in [0, 0.05) is 18.8 Å². The molecule has 3 aromatic rings. The van der Waals surface area contributed by atoms with Crippen LogP contribution >= 0.6 is 0 Å². The second kappa shape index (κ2) is 5.58. The zero-order valence-electron chi connectivity index (χ0n) is 12.7. The van der Waals surface area contributed by atoms with Crippen molar-refractivity contribution in [1.82, 2.24) is 24.7 Å². The minimum Gasteiger partial charge on any atom is -0.364 e. The van der Waals surface area contributed by atoms with Gasteiger partial charge >= 0.3 is 0 Å². The molecule has 0 saturated carbocycles. The topological polar surface area (TPSA) is 67.1 Å². The van der Waals surface area contributed by atoms with E-state index in [1.54, 1.807) is 29.1 Å². The molecule has 2 atom stereocenters. The number of pyridine rings is 1. The Labute approximate surface area is 132 Å². The van der Waals surface area contributed by atoms with Crippen molar-refractivity contribution >= 4 is 11.5 Å². The van der Waals surface area contributed by atoms with Crippen LogP contribution in [-0.4, -0.2) is 38.5 Å². The molecule has 2 unspecified atom stereocenters. The highest BCUT2D eigenvalue weighted by Crippen LogP contribution is 2.21. The maximum absolute atomic E-state index is 13.5. The molecule has 0 radical (unpaired) electrons. The highest BCUT2D eigenvalue weighted by molar-refractivity contribution is 5.60. The van der Waals surface area contributed by atoms with Crippen molar-refractivity contribution in [3.63, 3.8) is 0 Å². The molecule has 0 aromatic carbocycles. The molecule has 0 amide bonds. The van der Waals surface area contributed by atoms with Crippen LogP contribution in [0.5, 0.6) is 0 Å². The van der Waals surface area contributed by atoms with Crippen LogP contribution in [0.25, 0.3) is 17.0 Å². The van der Waals surface area contributed by atoms with Crippen molar-refractivity contribution < 1.29 is 4.39 Å². The lowest BCUT2D eigenvalue weighted by atomic mass is 10.1. The second-order valence-electron chi connectivity index (χ2n) is 5.89. The Balaban J connectivity index is 1.68. The van der Waals surface area contributed by atoms with Gasteiger partial charge in [-0.2, -0.15) is 0 Å². The van der Waals surface area contributed by atoms with Crippen molar-refractivity contribution in [3.05, 3.63) is 42.7 Å². The van der Waals surface area contributed by atoms with Gasteiger partial charge in [-0.25, -0.2) is 14.4 Å². The molecule has 1 aliphatic rings. The number of rotatable bonds is 3. The van der Waals surface area contributed by atoms with Crippen LogP contribution in [0.2, 0.25) is 0 Å². The molecular formula is C16H17FN6. The minimum atomic E-state index is -0.315. The highest BCUT2D eigenvalue weighted by Gasteiger charge is 2.23. The predicted octanol–water partition coefficient (Wildman–Crippen LogP) is 1.95. The molecule has 0 aliphatic carbocycles. The molecule has 118 valence electrons. The molecule has 4 rings (SSSR count). The van der Waals surface area contributed by atoms with Crippen molar-refractivity contribution in [2.45, 2.75) is 13.0 Å². The van der Waals surface area contributed by atoms with Crippen LogP contribution in [0.15, 0.2) is 36.9 Å². The third-order valence-electron chi connectivity index (χ3n) is 4.22. The average Bonchev–Trinajstić information content (AvgIpc) is 3.14. The number of hydrogen-bond donors (Lipinski definition) is 2. The summed E-state index contributed by atoms with van der Waals surface area (Å²) in [5, 5.41) is 6.76. The Morgan fingerprint density at radius 3 is 3.00 bits per heavy atom. The Hall–Kier alpha value is -2.54. The van der Waals surface area contributed by atoms with Gasteiger partial charge in [-0.05, 0) is 24.6 Å². The van der Waals surface area contributed by atoms with Crippen LogP contribution in [0, 0.1) is 11.7 Å². The van der Waals surface area contributed by atoms with E-state index in [0.29, 0.717) is 29.0 Å². The van der Waals surface area contributed by atoms with Gasteiger partial charge in [0.1, 0.15) is 23.0 Å². The van der Waals surface area contributed by atoms with Crippen molar-refractivity contribution in [3.8, 4) is 11.4 Å². The molecule has 0 spiro atoms. The number of aromatic nitrogens is 4. The fraction of sp³-hybridized carbons (Fsp3) is 0.312. The first-order valence-electron chi connectivity index (χ1n) is 7.63. The second-order valence-corrected chi connectivity index (χ2v) is 5.89. The summed E-state index contributed by atoms with van der Waals surface area (Å²) in [7, 11) is 0. The molecule has 1 aliphatic heterocycles. The molecule has 6 nitrogen and oxygen atoms in total. The maximum atomic E-state index is 13.5. The minimum absolute atomic E-state index is 0.315. The van der Waals surface area contributed by atoms with Gasteiger partial charge in [-0.3, -0.25) is 9.38 Å².